The van der Waals surface area contributed by atoms with Gasteiger partial charge in [-0.2, -0.15) is 0 Å². The molecular weight excluding hydrogens is 399 g/mol. The highest BCUT2D eigenvalue weighted by Crippen LogP contribution is 2.49. The summed E-state index contributed by atoms with van der Waals surface area (Å²) in [5.41, 5.74) is 1.78. The van der Waals surface area contributed by atoms with Crippen molar-refractivity contribution in [2.75, 3.05) is 5.32 Å². The molecule has 1 amide bonds. The summed E-state index contributed by atoms with van der Waals surface area (Å²) in [6.45, 7) is 0. The number of carbonyl (C=O) groups is 2. The number of pyridine rings is 1. The average molecular weight is 420 g/mol. The van der Waals surface area contributed by atoms with Gasteiger partial charge in [-0.25, -0.2) is 4.39 Å². The number of fused-ring (bicyclic) bond motifs is 3. The van der Waals surface area contributed by atoms with Gasteiger partial charge in [0.05, 0.1) is 11.9 Å². The van der Waals surface area contributed by atoms with Gasteiger partial charge in [0, 0.05) is 29.2 Å². The Labute approximate surface area is 177 Å². The monoisotopic (exact) mass is 420 g/mol. The number of nitrogens with one attached hydrogen (secondary N) is 1. The van der Waals surface area contributed by atoms with Crippen molar-refractivity contribution in [2.45, 2.75) is 44.1 Å². The summed E-state index contributed by atoms with van der Waals surface area (Å²) in [7, 11) is 0. The van der Waals surface area contributed by atoms with Gasteiger partial charge < -0.3 is 15.0 Å². The van der Waals surface area contributed by atoms with E-state index in [-0.39, 0.29) is 29.3 Å². The highest BCUT2D eigenvalue weighted by molar-refractivity contribution is 6.06. The Hall–Kier alpha value is -3.48. The topological polar surface area (TPSA) is 88.4 Å². The molecule has 2 unspecified atom stereocenters. The Kier molecular flexibility index (Phi) is 4.61. The van der Waals surface area contributed by atoms with Gasteiger partial charge >= 0.3 is 5.97 Å². The molecule has 1 saturated carbocycles. The fourth-order valence-corrected chi connectivity index (χ4v) is 5.15. The largest absolute Gasteiger partial charge is 0.481 e. The summed E-state index contributed by atoms with van der Waals surface area (Å²) in [4.78, 5) is 37.4. The molecular formula is C24H21FN2O4. The normalized spacial score (nSPS) is 19.3. The van der Waals surface area contributed by atoms with E-state index in [4.69, 9.17) is 5.11 Å². The summed E-state index contributed by atoms with van der Waals surface area (Å²) in [5.74, 6) is -1.96. The van der Waals surface area contributed by atoms with E-state index < -0.39 is 23.1 Å². The van der Waals surface area contributed by atoms with Crippen LogP contribution >= 0.6 is 0 Å². The van der Waals surface area contributed by atoms with Crippen molar-refractivity contribution in [1.29, 1.82) is 0 Å². The summed E-state index contributed by atoms with van der Waals surface area (Å²) >= 11 is 0. The molecule has 2 heterocycles. The molecule has 1 aromatic heterocycles. The van der Waals surface area contributed by atoms with E-state index in [9.17, 15) is 18.8 Å². The lowest BCUT2D eigenvalue weighted by atomic mass is 9.82. The van der Waals surface area contributed by atoms with Crippen LogP contribution < -0.4 is 10.7 Å². The summed E-state index contributed by atoms with van der Waals surface area (Å²) < 4.78 is 16.4. The van der Waals surface area contributed by atoms with Crippen LogP contribution in [0.5, 0.6) is 0 Å². The highest BCUT2D eigenvalue weighted by Gasteiger charge is 2.37. The maximum absolute atomic E-state index is 14.4. The van der Waals surface area contributed by atoms with Crippen LogP contribution in [0.3, 0.4) is 0 Å². The average Bonchev–Trinajstić information content (AvgIpc) is 3.05. The number of aliphatic carboxylic acids is 1. The zero-order valence-electron chi connectivity index (χ0n) is 16.7. The number of hydrogen-bond donors (Lipinski definition) is 2. The maximum Gasteiger partial charge on any atom is 0.307 e. The van der Waals surface area contributed by atoms with Crippen molar-refractivity contribution in [2.24, 2.45) is 0 Å². The Morgan fingerprint density at radius 3 is 2.74 bits per heavy atom. The molecule has 6 nitrogen and oxygen atoms in total. The first kappa shape index (κ1) is 19.5. The molecule has 0 radical (unpaired) electrons. The third-order valence-electron chi connectivity index (χ3n) is 6.46. The van der Waals surface area contributed by atoms with E-state index in [1.807, 2.05) is 4.57 Å². The molecule has 0 spiro atoms. The predicted octanol–water partition coefficient (Wildman–Crippen LogP) is 4.23. The van der Waals surface area contributed by atoms with Crippen LogP contribution in [0.25, 0.3) is 10.9 Å². The maximum atomic E-state index is 14.4. The van der Waals surface area contributed by atoms with E-state index >= 15 is 0 Å². The molecule has 2 atom stereocenters. The fraction of sp³-hybridized carbons (Fsp3) is 0.292. The van der Waals surface area contributed by atoms with Crippen LogP contribution in [0.4, 0.5) is 10.1 Å². The fourth-order valence-electron chi connectivity index (χ4n) is 5.15. The van der Waals surface area contributed by atoms with Gasteiger partial charge in [-0.15, -0.1) is 0 Å². The lowest BCUT2D eigenvalue weighted by Gasteiger charge is -2.27. The minimum absolute atomic E-state index is 0.0691. The Morgan fingerprint density at radius 1 is 1.16 bits per heavy atom. The first-order valence-electron chi connectivity index (χ1n) is 10.4. The third kappa shape index (κ3) is 3.21. The highest BCUT2D eigenvalue weighted by atomic mass is 19.1. The van der Waals surface area contributed by atoms with Crippen LogP contribution in [-0.4, -0.2) is 21.6 Å². The Balaban J connectivity index is 1.61. The van der Waals surface area contributed by atoms with Crippen molar-refractivity contribution in [3.63, 3.8) is 0 Å². The van der Waals surface area contributed by atoms with Crippen molar-refractivity contribution in [3.8, 4) is 0 Å². The van der Waals surface area contributed by atoms with Crippen molar-refractivity contribution >= 4 is 28.5 Å². The van der Waals surface area contributed by atoms with E-state index in [0.717, 1.165) is 36.8 Å². The van der Waals surface area contributed by atoms with Crippen molar-refractivity contribution < 1.29 is 19.1 Å². The zero-order valence-corrected chi connectivity index (χ0v) is 16.7. The summed E-state index contributed by atoms with van der Waals surface area (Å²) in [6, 6.07) is 9.43. The number of amides is 1. The number of carboxylic acids is 1. The quantitative estimate of drug-likeness (QED) is 0.661. The van der Waals surface area contributed by atoms with Crippen LogP contribution in [-0.2, 0) is 11.2 Å². The molecule has 5 rings (SSSR count). The molecule has 0 saturated heterocycles. The SMILES string of the molecule is O=C(O)Cc1ccccc1NC(=O)c1cn2c3c(cc(F)cc3c1=O)C1CCCCC12. The minimum Gasteiger partial charge on any atom is -0.481 e. The molecule has 7 heteroatoms. The molecule has 31 heavy (non-hydrogen) atoms. The number of benzene rings is 2. The second-order valence-electron chi connectivity index (χ2n) is 8.31. The number of aromatic nitrogens is 1. The second-order valence-corrected chi connectivity index (χ2v) is 8.31. The number of anilines is 1. The van der Waals surface area contributed by atoms with Crippen molar-refractivity contribution in [3.05, 3.63) is 75.3 Å². The number of rotatable bonds is 4. The van der Waals surface area contributed by atoms with E-state index in [2.05, 4.69) is 5.32 Å². The van der Waals surface area contributed by atoms with Gasteiger partial charge in [0.2, 0.25) is 5.43 Å². The lowest BCUT2D eigenvalue weighted by Crippen LogP contribution is -2.25. The number of hydrogen-bond acceptors (Lipinski definition) is 3. The molecule has 2 aromatic carbocycles. The molecule has 0 bridgehead atoms. The molecule has 158 valence electrons. The van der Waals surface area contributed by atoms with Gasteiger partial charge in [0.1, 0.15) is 11.4 Å². The number of carboxylic acid groups (broad SMARTS) is 1. The van der Waals surface area contributed by atoms with Crippen molar-refractivity contribution in [1.82, 2.24) is 4.57 Å². The number of para-hydroxylation sites is 1. The van der Waals surface area contributed by atoms with E-state index in [0.29, 0.717) is 11.3 Å². The number of halogens is 1. The third-order valence-corrected chi connectivity index (χ3v) is 6.46. The van der Waals surface area contributed by atoms with Gasteiger partial charge in [-0.1, -0.05) is 31.0 Å². The lowest BCUT2D eigenvalue weighted by molar-refractivity contribution is -0.136. The first-order chi connectivity index (χ1) is 14.9. The van der Waals surface area contributed by atoms with E-state index in [1.54, 1.807) is 30.5 Å². The van der Waals surface area contributed by atoms with Gasteiger partial charge in [-0.3, -0.25) is 14.4 Å². The molecule has 2 aliphatic rings. The predicted molar refractivity (Wildman–Crippen MR) is 114 cm³/mol. The van der Waals surface area contributed by atoms with Gasteiger partial charge in [0.25, 0.3) is 5.91 Å². The number of carbonyl (C=O) groups excluding carboxylic acids is 1. The smallest absolute Gasteiger partial charge is 0.307 e. The second kappa shape index (κ2) is 7.34. The molecule has 3 aromatic rings. The number of nitrogens with zero attached hydrogens (tertiary/aromatic N) is 1. The zero-order chi connectivity index (χ0) is 21.7. The van der Waals surface area contributed by atoms with Crippen LogP contribution in [0.2, 0.25) is 0 Å². The van der Waals surface area contributed by atoms with E-state index in [1.165, 1.54) is 12.1 Å². The summed E-state index contributed by atoms with van der Waals surface area (Å²) in [5, 5.41) is 12.0. The molecule has 2 N–H and O–H groups in total. The molecule has 1 aliphatic heterocycles. The van der Waals surface area contributed by atoms with Crippen LogP contribution in [0.15, 0.2) is 47.4 Å². The Bertz CT molecular complexity index is 1300. The molecule has 1 fully saturated rings. The first-order valence-corrected chi connectivity index (χ1v) is 10.4. The van der Waals surface area contributed by atoms with Gasteiger partial charge in [-0.05, 0) is 42.2 Å². The van der Waals surface area contributed by atoms with Crippen LogP contribution in [0, 0.1) is 5.82 Å². The Morgan fingerprint density at radius 2 is 1.94 bits per heavy atom. The molecule has 1 aliphatic carbocycles. The summed E-state index contributed by atoms with van der Waals surface area (Å²) in [6.07, 6.45) is 5.31. The van der Waals surface area contributed by atoms with Crippen LogP contribution in [0.1, 0.15) is 59.1 Å². The minimum atomic E-state index is -1.02. The van der Waals surface area contributed by atoms with Gasteiger partial charge in [0.15, 0.2) is 0 Å². The standard InChI is InChI=1S/C24H21FN2O4/c25-14-10-16-15-6-2-4-8-20(15)27-12-18(23(30)17(11-14)22(16)27)24(31)26-19-7-3-1-5-13(19)9-21(28)29/h1,3,5,7,10-12,15,20H,2,4,6,8-9H2,(H,26,31)(H,28,29).